The van der Waals surface area contributed by atoms with Crippen molar-refractivity contribution < 1.29 is 4.79 Å². The molecule has 5 heteroatoms. The Balaban J connectivity index is 2.05. The van der Waals surface area contributed by atoms with Gasteiger partial charge in [0.15, 0.2) is 0 Å². The van der Waals surface area contributed by atoms with Crippen LogP contribution in [0.4, 0.5) is 0 Å². The molecule has 1 amide bonds. The molecule has 0 aliphatic carbocycles. The third-order valence-corrected chi connectivity index (χ3v) is 2.99. The van der Waals surface area contributed by atoms with Crippen molar-refractivity contribution in [3.8, 4) is 0 Å². The quantitative estimate of drug-likeness (QED) is 0.528. The topological polar surface area (TPSA) is 84.4 Å². The fourth-order valence-corrected chi connectivity index (χ4v) is 2.06. The molecular formula is C11H24N4O. The first kappa shape index (κ1) is 13.4. The van der Waals surface area contributed by atoms with Crippen LogP contribution in [0, 0.1) is 5.92 Å². The molecule has 5 N–H and O–H groups in total. The Hall–Kier alpha value is -0.650. The van der Waals surface area contributed by atoms with Gasteiger partial charge in [-0.2, -0.15) is 0 Å². The first-order valence-electron chi connectivity index (χ1n) is 6.07. The van der Waals surface area contributed by atoms with Crippen LogP contribution >= 0.6 is 0 Å². The van der Waals surface area contributed by atoms with Gasteiger partial charge < -0.3 is 21.7 Å². The van der Waals surface area contributed by atoms with Gasteiger partial charge in [-0.3, -0.25) is 4.79 Å². The molecule has 0 radical (unpaired) electrons. The van der Waals surface area contributed by atoms with E-state index in [1.165, 1.54) is 25.9 Å². The lowest BCUT2D eigenvalue weighted by molar-refractivity contribution is -0.119. The van der Waals surface area contributed by atoms with E-state index < -0.39 is 11.9 Å². The summed E-state index contributed by atoms with van der Waals surface area (Å²) in [6.07, 6.45) is 2.65. The molecule has 5 nitrogen and oxygen atoms in total. The van der Waals surface area contributed by atoms with Gasteiger partial charge in [-0.25, -0.2) is 0 Å². The van der Waals surface area contributed by atoms with E-state index in [4.69, 9.17) is 11.5 Å². The Morgan fingerprint density at radius 1 is 1.38 bits per heavy atom. The van der Waals surface area contributed by atoms with Gasteiger partial charge in [-0.1, -0.05) is 6.92 Å². The fraction of sp³-hybridized carbons (Fsp3) is 0.909. The van der Waals surface area contributed by atoms with E-state index in [1.54, 1.807) is 0 Å². The van der Waals surface area contributed by atoms with Crippen molar-refractivity contribution in [1.82, 2.24) is 10.2 Å². The molecule has 1 rings (SSSR count). The van der Waals surface area contributed by atoms with E-state index in [1.807, 2.05) is 0 Å². The summed E-state index contributed by atoms with van der Waals surface area (Å²) >= 11 is 0. The minimum atomic E-state index is -0.570. The molecule has 0 bridgehead atoms. The number of likely N-dealkylation sites (tertiary alicyclic amines) is 1. The van der Waals surface area contributed by atoms with Gasteiger partial charge in [0, 0.05) is 13.1 Å². The van der Waals surface area contributed by atoms with Crippen LogP contribution in [0.15, 0.2) is 0 Å². The smallest absolute Gasteiger partial charge is 0.235 e. The van der Waals surface area contributed by atoms with E-state index in [0.29, 0.717) is 12.5 Å². The number of nitrogens with two attached hydrogens (primary N) is 2. The molecule has 1 fully saturated rings. The zero-order valence-corrected chi connectivity index (χ0v) is 10.1. The van der Waals surface area contributed by atoms with Crippen LogP contribution in [-0.4, -0.2) is 49.6 Å². The third-order valence-electron chi connectivity index (χ3n) is 2.99. The summed E-state index contributed by atoms with van der Waals surface area (Å²) in [5, 5.41) is 3.19. The first-order chi connectivity index (χ1) is 7.59. The lowest BCUT2D eigenvalue weighted by atomic mass is 10.1. The highest BCUT2D eigenvalue weighted by molar-refractivity contribution is 5.79. The summed E-state index contributed by atoms with van der Waals surface area (Å²) in [6, 6.07) is -0.570. The maximum atomic E-state index is 10.7. The van der Waals surface area contributed by atoms with Gasteiger partial charge in [0.1, 0.15) is 0 Å². The van der Waals surface area contributed by atoms with E-state index >= 15 is 0 Å². The highest BCUT2D eigenvalue weighted by Gasteiger charge is 2.15. The second-order valence-electron chi connectivity index (χ2n) is 4.78. The maximum Gasteiger partial charge on any atom is 0.235 e. The number of hydrogen-bond donors (Lipinski definition) is 3. The summed E-state index contributed by atoms with van der Waals surface area (Å²) in [5.74, 6) is 0.137. The molecule has 0 saturated carbocycles. The van der Waals surface area contributed by atoms with Crippen LogP contribution in [0.3, 0.4) is 0 Å². The SMILES string of the molecule is CC(CNCC(N)C(N)=O)CN1CCCC1. The van der Waals surface area contributed by atoms with Crippen LogP contribution in [0.25, 0.3) is 0 Å². The number of amides is 1. The summed E-state index contributed by atoms with van der Waals surface area (Å²) < 4.78 is 0. The van der Waals surface area contributed by atoms with Crippen molar-refractivity contribution in [2.24, 2.45) is 17.4 Å². The van der Waals surface area contributed by atoms with Crippen molar-refractivity contribution in [2.75, 3.05) is 32.7 Å². The Kier molecular flexibility index (Phi) is 5.73. The third kappa shape index (κ3) is 4.92. The molecule has 1 heterocycles. The lowest BCUT2D eigenvalue weighted by Gasteiger charge is -2.21. The lowest BCUT2D eigenvalue weighted by Crippen LogP contribution is -2.45. The molecule has 1 saturated heterocycles. The number of rotatable bonds is 7. The highest BCUT2D eigenvalue weighted by Crippen LogP contribution is 2.09. The molecule has 94 valence electrons. The van der Waals surface area contributed by atoms with E-state index in [9.17, 15) is 4.79 Å². The number of carbonyl (C=O) groups is 1. The van der Waals surface area contributed by atoms with Crippen molar-refractivity contribution in [1.29, 1.82) is 0 Å². The standard InChI is InChI=1S/C11H24N4O/c1-9(8-15-4-2-3-5-15)6-14-7-10(12)11(13)16/h9-10,14H,2-8,12H2,1H3,(H2,13,16). The Labute approximate surface area is 97.5 Å². The number of nitrogens with one attached hydrogen (secondary N) is 1. The van der Waals surface area contributed by atoms with Gasteiger partial charge in [0.05, 0.1) is 6.04 Å². The summed E-state index contributed by atoms with van der Waals surface area (Å²) in [6.45, 7) is 7.15. The summed E-state index contributed by atoms with van der Waals surface area (Å²) in [7, 11) is 0. The van der Waals surface area contributed by atoms with Gasteiger partial charge in [0.2, 0.25) is 5.91 Å². The molecule has 2 unspecified atom stereocenters. The predicted octanol–water partition coefficient (Wildman–Crippen LogP) is -0.879. The number of carbonyl (C=O) groups excluding carboxylic acids is 1. The number of hydrogen-bond acceptors (Lipinski definition) is 4. The average Bonchev–Trinajstić information content (AvgIpc) is 2.70. The minimum absolute atomic E-state index is 0.445. The highest BCUT2D eigenvalue weighted by atomic mass is 16.1. The summed E-state index contributed by atoms with van der Waals surface area (Å²) in [4.78, 5) is 13.2. The molecule has 0 aromatic heterocycles. The molecule has 1 aliphatic heterocycles. The van der Waals surface area contributed by atoms with E-state index in [-0.39, 0.29) is 0 Å². The molecule has 0 aromatic carbocycles. The minimum Gasteiger partial charge on any atom is -0.368 e. The zero-order chi connectivity index (χ0) is 12.0. The van der Waals surface area contributed by atoms with Crippen LogP contribution in [0.2, 0.25) is 0 Å². The molecular weight excluding hydrogens is 204 g/mol. The predicted molar refractivity (Wildman–Crippen MR) is 64.9 cm³/mol. The van der Waals surface area contributed by atoms with E-state index in [2.05, 4.69) is 17.1 Å². The number of nitrogens with zero attached hydrogens (tertiary/aromatic N) is 1. The summed E-state index contributed by atoms with van der Waals surface area (Å²) in [5.41, 5.74) is 10.6. The van der Waals surface area contributed by atoms with Crippen molar-refractivity contribution in [3.05, 3.63) is 0 Å². The van der Waals surface area contributed by atoms with Crippen LogP contribution in [0.1, 0.15) is 19.8 Å². The van der Waals surface area contributed by atoms with Gasteiger partial charge >= 0.3 is 0 Å². The van der Waals surface area contributed by atoms with Crippen molar-refractivity contribution in [3.63, 3.8) is 0 Å². The average molecular weight is 228 g/mol. The van der Waals surface area contributed by atoms with Gasteiger partial charge in [-0.05, 0) is 38.4 Å². The molecule has 0 spiro atoms. The molecule has 1 aliphatic rings. The van der Waals surface area contributed by atoms with Crippen molar-refractivity contribution in [2.45, 2.75) is 25.8 Å². The Morgan fingerprint density at radius 3 is 2.56 bits per heavy atom. The van der Waals surface area contributed by atoms with Crippen LogP contribution in [-0.2, 0) is 4.79 Å². The van der Waals surface area contributed by atoms with Crippen LogP contribution < -0.4 is 16.8 Å². The second kappa shape index (κ2) is 6.83. The largest absolute Gasteiger partial charge is 0.368 e. The Morgan fingerprint density at radius 2 is 2.00 bits per heavy atom. The van der Waals surface area contributed by atoms with Crippen LogP contribution in [0.5, 0.6) is 0 Å². The molecule has 2 atom stereocenters. The first-order valence-corrected chi connectivity index (χ1v) is 6.07. The van der Waals surface area contributed by atoms with Gasteiger partial charge in [-0.15, -0.1) is 0 Å². The van der Waals surface area contributed by atoms with E-state index in [0.717, 1.165) is 13.1 Å². The molecule has 16 heavy (non-hydrogen) atoms. The maximum absolute atomic E-state index is 10.7. The monoisotopic (exact) mass is 228 g/mol. The fourth-order valence-electron chi connectivity index (χ4n) is 2.06. The normalized spacial score (nSPS) is 20.9. The number of primary amides is 1. The second-order valence-corrected chi connectivity index (χ2v) is 4.78. The van der Waals surface area contributed by atoms with Crippen molar-refractivity contribution >= 4 is 5.91 Å². The van der Waals surface area contributed by atoms with Gasteiger partial charge in [0.25, 0.3) is 0 Å². The molecule has 0 aromatic rings. The zero-order valence-electron chi connectivity index (χ0n) is 10.1. The Bertz CT molecular complexity index is 216.